The van der Waals surface area contributed by atoms with Gasteiger partial charge < -0.3 is 15.1 Å². The zero-order valence-electron chi connectivity index (χ0n) is 15.7. The summed E-state index contributed by atoms with van der Waals surface area (Å²) in [7, 11) is 0. The number of amides is 1. The summed E-state index contributed by atoms with van der Waals surface area (Å²) in [5.74, 6) is -1.78. The summed E-state index contributed by atoms with van der Waals surface area (Å²) in [6, 6.07) is 0.0346. The standard InChI is InChI=1S/C18H31NO5S/c1-12(2)13(19-9-7-5-6-8-15(19)20)11-18(3,4)25-14(17(23)24)10-16(21)22/h12-14H,5-11H2,1-4H3,(H,21,22)(H,23,24). The Balaban J connectivity index is 2.88. The van der Waals surface area contributed by atoms with Crippen LogP contribution < -0.4 is 0 Å². The monoisotopic (exact) mass is 373 g/mol. The van der Waals surface area contributed by atoms with Crippen LogP contribution in [0.2, 0.25) is 0 Å². The maximum atomic E-state index is 12.5. The molecular formula is C18H31NO5S. The highest BCUT2D eigenvalue weighted by Crippen LogP contribution is 2.37. The van der Waals surface area contributed by atoms with Crippen LogP contribution in [0.1, 0.15) is 66.2 Å². The van der Waals surface area contributed by atoms with Crippen LogP contribution in [0.4, 0.5) is 0 Å². The zero-order chi connectivity index (χ0) is 19.2. The van der Waals surface area contributed by atoms with Gasteiger partial charge in [0.05, 0.1) is 6.42 Å². The highest BCUT2D eigenvalue weighted by Gasteiger charge is 2.36. The van der Waals surface area contributed by atoms with Crippen LogP contribution in [0.25, 0.3) is 0 Å². The Kier molecular flexibility index (Phi) is 8.25. The van der Waals surface area contributed by atoms with Gasteiger partial charge in [-0.1, -0.05) is 34.1 Å². The van der Waals surface area contributed by atoms with Gasteiger partial charge in [0.15, 0.2) is 0 Å². The summed E-state index contributed by atoms with van der Waals surface area (Å²) in [5.41, 5.74) is 0. The van der Waals surface area contributed by atoms with E-state index in [1.807, 2.05) is 18.7 Å². The Morgan fingerprint density at radius 3 is 2.36 bits per heavy atom. The summed E-state index contributed by atoms with van der Waals surface area (Å²) in [6.45, 7) is 8.78. The van der Waals surface area contributed by atoms with Gasteiger partial charge in [0, 0.05) is 23.8 Å². The Labute approximate surface area is 154 Å². The fraction of sp³-hybridized carbons (Fsp3) is 0.833. The van der Waals surface area contributed by atoms with Crippen molar-refractivity contribution in [1.29, 1.82) is 0 Å². The minimum Gasteiger partial charge on any atom is -0.481 e. The lowest BCUT2D eigenvalue weighted by Crippen LogP contribution is -2.46. The number of carboxylic acids is 2. The summed E-state index contributed by atoms with van der Waals surface area (Å²) >= 11 is 1.18. The SMILES string of the molecule is CC(C)C(CC(C)(C)SC(CC(=O)O)C(=O)O)N1CCCCCC1=O. The van der Waals surface area contributed by atoms with Crippen LogP contribution in [0.15, 0.2) is 0 Å². The normalized spacial score (nSPS) is 18.8. The van der Waals surface area contributed by atoms with E-state index in [-0.39, 0.29) is 17.9 Å². The van der Waals surface area contributed by atoms with Crippen molar-refractivity contribution in [2.45, 2.75) is 82.3 Å². The molecule has 0 aromatic rings. The highest BCUT2D eigenvalue weighted by atomic mass is 32.2. The van der Waals surface area contributed by atoms with Gasteiger partial charge >= 0.3 is 11.9 Å². The number of hydrogen-bond donors (Lipinski definition) is 2. The third-order valence-corrected chi connectivity index (χ3v) is 6.03. The Morgan fingerprint density at radius 2 is 1.84 bits per heavy atom. The molecule has 1 aliphatic heterocycles. The van der Waals surface area contributed by atoms with Crippen molar-refractivity contribution in [3.05, 3.63) is 0 Å². The lowest BCUT2D eigenvalue weighted by Gasteiger charge is -2.39. The molecule has 7 heteroatoms. The Morgan fingerprint density at radius 1 is 1.20 bits per heavy atom. The van der Waals surface area contributed by atoms with E-state index in [0.29, 0.717) is 12.8 Å². The summed E-state index contributed by atoms with van der Waals surface area (Å²) in [5, 5.41) is 17.3. The van der Waals surface area contributed by atoms with E-state index in [9.17, 15) is 19.5 Å². The molecule has 2 N–H and O–H groups in total. The van der Waals surface area contributed by atoms with Crippen molar-refractivity contribution in [2.75, 3.05) is 6.54 Å². The molecular weight excluding hydrogens is 342 g/mol. The van der Waals surface area contributed by atoms with Crippen LogP contribution >= 0.6 is 11.8 Å². The topological polar surface area (TPSA) is 94.9 Å². The first kappa shape index (κ1) is 21.8. The van der Waals surface area contributed by atoms with E-state index < -0.39 is 28.4 Å². The van der Waals surface area contributed by atoms with Gasteiger partial charge in [-0.25, -0.2) is 0 Å². The minimum atomic E-state index is -1.11. The van der Waals surface area contributed by atoms with Crippen molar-refractivity contribution in [2.24, 2.45) is 5.92 Å². The number of carbonyl (C=O) groups excluding carboxylic acids is 1. The number of carbonyl (C=O) groups is 3. The average Bonchev–Trinajstić information content (AvgIpc) is 2.67. The molecule has 0 radical (unpaired) electrons. The summed E-state index contributed by atoms with van der Waals surface area (Å²) in [4.78, 5) is 36.7. The number of thioether (sulfide) groups is 1. The molecule has 0 bridgehead atoms. The molecule has 6 nitrogen and oxygen atoms in total. The molecule has 1 aliphatic rings. The van der Waals surface area contributed by atoms with Crippen molar-refractivity contribution in [3.8, 4) is 0 Å². The van der Waals surface area contributed by atoms with Crippen molar-refractivity contribution < 1.29 is 24.6 Å². The zero-order valence-corrected chi connectivity index (χ0v) is 16.5. The second-order valence-corrected chi connectivity index (χ2v) is 9.63. The number of hydrogen-bond acceptors (Lipinski definition) is 4. The molecule has 1 saturated heterocycles. The summed E-state index contributed by atoms with van der Waals surface area (Å²) in [6.07, 6.45) is 3.80. The van der Waals surface area contributed by atoms with E-state index in [1.54, 1.807) is 0 Å². The first-order valence-corrected chi connectivity index (χ1v) is 9.83. The largest absolute Gasteiger partial charge is 0.481 e. The maximum Gasteiger partial charge on any atom is 0.317 e. The lowest BCUT2D eigenvalue weighted by atomic mass is 9.92. The minimum absolute atomic E-state index is 0.0346. The van der Waals surface area contributed by atoms with Crippen LogP contribution in [-0.2, 0) is 14.4 Å². The van der Waals surface area contributed by atoms with Gasteiger partial charge in [0.25, 0.3) is 0 Å². The van der Waals surface area contributed by atoms with E-state index >= 15 is 0 Å². The molecule has 25 heavy (non-hydrogen) atoms. The van der Waals surface area contributed by atoms with Gasteiger partial charge in [-0.05, 0) is 25.2 Å². The van der Waals surface area contributed by atoms with Gasteiger partial charge in [-0.2, -0.15) is 0 Å². The molecule has 0 aromatic carbocycles. The third kappa shape index (κ3) is 7.26. The van der Waals surface area contributed by atoms with E-state index in [4.69, 9.17) is 5.11 Å². The van der Waals surface area contributed by atoms with Gasteiger partial charge in [0.2, 0.25) is 5.91 Å². The number of aliphatic carboxylic acids is 2. The van der Waals surface area contributed by atoms with E-state index in [0.717, 1.165) is 25.8 Å². The molecule has 2 unspecified atom stereocenters. The van der Waals surface area contributed by atoms with Gasteiger partial charge in [-0.15, -0.1) is 11.8 Å². The second kappa shape index (κ2) is 9.46. The first-order valence-electron chi connectivity index (χ1n) is 8.95. The fourth-order valence-corrected chi connectivity index (χ4v) is 4.70. The maximum absolute atomic E-state index is 12.5. The average molecular weight is 374 g/mol. The number of likely N-dealkylation sites (tertiary alicyclic amines) is 1. The first-order chi connectivity index (χ1) is 11.5. The molecule has 144 valence electrons. The lowest BCUT2D eigenvalue weighted by molar-refractivity contribution is -0.143. The van der Waals surface area contributed by atoms with Crippen LogP contribution in [0.3, 0.4) is 0 Å². The molecule has 1 fully saturated rings. The van der Waals surface area contributed by atoms with Crippen LogP contribution in [0.5, 0.6) is 0 Å². The molecule has 0 aromatic heterocycles. The highest BCUT2D eigenvalue weighted by molar-refractivity contribution is 8.01. The molecule has 0 aliphatic carbocycles. The van der Waals surface area contributed by atoms with Gasteiger partial charge in [-0.3, -0.25) is 14.4 Å². The van der Waals surface area contributed by atoms with Crippen LogP contribution in [-0.4, -0.2) is 55.5 Å². The molecule has 1 heterocycles. The number of rotatable bonds is 9. The number of carboxylic acid groups (broad SMARTS) is 2. The quantitative estimate of drug-likeness (QED) is 0.644. The third-order valence-electron chi connectivity index (χ3n) is 4.58. The number of nitrogens with zero attached hydrogens (tertiary/aromatic N) is 1. The summed E-state index contributed by atoms with van der Waals surface area (Å²) < 4.78 is -0.444. The predicted octanol–water partition coefficient (Wildman–Crippen LogP) is 3.24. The van der Waals surface area contributed by atoms with Crippen LogP contribution in [0, 0.1) is 5.92 Å². The van der Waals surface area contributed by atoms with Crippen molar-refractivity contribution in [3.63, 3.8) is 0 Å². The molecule has 2 atom stereocenters. The van der Waals surface area contributed by atoms with E-state index in [2.05, 4.69) is 13.8 Å². The van der Waals surface area contributed by atoms with Crippen molar-refractivity contribution in [1.82, 2.24) is 4.90 Å². The Hall–Kier alpha value is -1.24. The molecule has 0 saturated carbocycles. The molecule has 0 spiro atoms. The predicted molar refractivity (Wildman–Crippen MR) is 98.8 cm³/mol. The van der Waals surface area contributed by atoms with Gasteiger partial charge in [0.1, 0.15) is 5.25 Å². The fourth-order valence-electron chi connectivity index (χ4n) is 3.33. The second-order valence-electron chi connectivity index (χ2n) is 7.72. The van der Waals surface area contributed by atoms with Crippen molar-refractivity contribution >= 4 is 29.6 Å². The Bertz CT molecular complexity index is 492. The molecule has 1 rings (SSSR count). The smallest absolute Gasteiger partial charge is 0.317 e. The van der Waals surface area contributed by atoms with E-state index in [1.165, 1.54) is 11.8 Å². The molecule has 1 amide bonds.